The van der Waals surface area contributed by atoms with Gasteiger partial charge in [-0.2, -0.15) is 0 Å². The average Bonchev–Trinajstić information content (AvgIpc) is 3.26. The van der Waals surface area contributed by atoms with Crippen molar-refractivity contribution in [1.82, 2.24) is 9.88 Å². The van der Waals surface area contributed by atoms with E-state index < -0.39 is 11.6 Å². The number of carbonyl (C=O) groups is 1. The van der Waals surface area contributed by atoms with E-state index in [1.165, 1.54) is 22.3 Å². The summed E-state index contributed by atoms with van der Waals surface area (Å²) >= 11 is 2.88. The quantitative estimate of drug-likeness (QED) is 0.654. The molecule has 0 saturated carbocycles. The summed E-state index contributed by atoms with van der Waals surface area (Å²) in [5, 5.41) is 2.75. The second kappa shape index (κ2) is 6.78. The summed E-state index contributed by atoms with van der Waals surface area (Å²) in [5.41, 5.74) is 0.535. The maximum Gasteiger partial charge on any atom is 0.265 e. The number of carbonyl (C=O) groups excluding carboxylic acids is 1. The van der Waals surface area contributed by atoms with E-state index in [0.717, 1.165) is 22.0 Å². The fourth-order valence-corrected chi connectivity index (χ4v) is 3.94. The Morgan fingerprint density at radius 2 is 2.04 bits per heavy atom. The second-order valence-corrected chi connectivity index (χ2v) is 7.25. The Balaban J connectivity index is 1.80. The maximum absolute atomic E-state index is 13.4. The van der Waals surface area contributed by atoms with Crippen LogP contribution in [0, 0.1) is 11.6 Å². The molecular weight excluding hydrogens is 350 g/mol. The minimum atomic E-state index is -0.919. The molecule has 24 heavy (non-hydrogen) atoms. The Bertz CT molecular complexity index is 861. The van der Waals surface area contributed by atoms with Crippen LogP contribution in [0.25, 0.3) is 9.88 Å². The van der Waals surface area contributed by atoms with Crippen molar-refractivity contribution in [3.8, 4) is 9.88 Å². The summed E-state index contributed by atoms with van der Waals surface area (Å²) in [6.07, 6.45) is 1.55. The zero-order valence-corrected chi connectivity index (χ0v) is 14.6. The van der Waals surface area contributed by atoms with Crippen molar-refractivity contribution >= 4 is 28.6 Å². The van der Waals surface area contributed by atoms with Crippen LogP contribution in [0.2, 0.25) is 0 Å². The van der Waals surface area contributed by atoms with E-state index in [0.29, 0.717) is 10.4 Å². The Hall–Kier alpha value is -2.12. The van der Waals surface area contributed by atoms with E-state index in [1.54, 1.807) is 31.5 Å². The summed E-state index contributed by atoms with van der Waals surface area (Å²) in [5.74, 6) is -2.02. The summed E-state index contributed by atoms with van der Waals surface area (Å²) in [7, 11) is 1.64. The van der Waals surface area contributed by atoms with Gasteiger partial charge in [0.15, 0.2) is 11.6 Å². The minimum Gasteiger partial charge on any atom is -0.334 e. The number of nitrogens with zero attached hydrogens (tertiary/aromatic N) is 2. The molecule has 0 fully saturated rings. The molecular formula is C17H14F2N2OS2. The summed E-state index contributed by atoms with van der Waals surface area (Å²) in [6.45, 7) is 1.77. The molecule has 0 spiro atoms. The Kier molecular flexibility index (Phi) is 4.73. The van der Waals surface area contributed by atoms with Gasteiger partial charge in [-0.3, -0.25) is 4.79 Å². The fraction of sp³-hybridized carbons (Fsp3) is 0.176. The van der Waals surface area contributed by atoms with E-state index in [-0.39, 0.29) is 11.9 Å². The molecule has 3 rings (SSSR count). The van der Waals surface area contributed by atoms with Gasteiger partial charge < -0.3 is 4.90 Å². The van der Waals surface area contributed by atoms with Gasteiger partial charge in [0.1, 0.15) is 9.88 Å². The summed E-state index contributed by atoms with van der Waals surface area (Å²) in [6, 6.07) is 7.16. The molecule has 3 aromatic rings. The van der Waals surface area contributed by atoms with Gasteiger partial charge in [-0.05, 0) is 36.1 Å². The molecule has 0 radical (unpaired) electrons. The van der Waals surface area contributed by atoms with Gasteiger partial charge in [-0.25, -0.2) is 13.8 Å². The highest BCUT2D eigenvalue weighted by Gasteiger charge is 2.22. The highest BCUT2D eigenvalue weighted by atomic mass is 32.1. The average molecular weight is 364 g/mol. The molecule has 3 nitrogen and oxygen atoms in total. The topological polar surface area (TPSA) is 33.2 Å². The molecule has 7 heteroatoms. The first-order valence-corrected chi connectivity index (χ1v) is 8.89. The lowest BCUT2D eigenvalue weighted by Crippen LogP contribution is -2.29. The number of aromatic nitrogens is 1. The van der Waals surface area contributed by atoms with Crippen molar-refractivity contribution in [3.63, 3.8) is 0 Å². The maximum atomic E-state index is 13.4. The summed E-state index contributed by atoms with van der Waals surface area (Å²) in [4.78, 5) is 19.9. The number of thiophene rings is 1. The van der Waals surface area contributed by atoms with Crippen LogP contribution in [-0.2, 0) is 0 Å². The monoisotopic (exact) mass is 364 g/mol. The smallest absolute Gasteiger partial charge is 0.265 e. The molecule has 1 aromatic carbocycles. The molecule has 124 valence electrons. The van der Waals surface area contributed by atoms with Crippen LogP contribution in [0.5, 0.6) is 0 Å². The zero-order valence-electron chi connectivity index (χ0n) is 13.0. The van der Waals surface area contributed by atoms with Crippen LogP contribution in [0.3, 0.4) is 0 Å². The third-order valence-corrected chi connectivity index (χ3v) is 5.80. The molecule has 2 aromatic heterocycles. The molecule has 1 atom stereocenters. The number of hydrogen-bond acceptors (Lipinski definition) is 4. The molecule has 1 amide bonds. The van der Waals surface area contributed by atoms with Crippen LogP contribution in [0.4, 0.5) is 8.78 Å². The van der Waals surface area contributed by atoms with E-state index in [2.05, 4.69) is 4.98 Å². The molecule has 0 N–H and O–H groups in total. The Labute approximate surface area is 146 Å². The number of benzene rings is 1. The number of hydrogen-bond donors (Lipinski definition) is 0. The molecule has 0 aliphatic rings. The number of rotatable bonds is 4. The third kappa shape index (κ3) is 3.22. The number of amides is 1. The van der Waals surface area contributed by atoms with Crippen molar-refractivity contribution in [2.45, 2.75) is 13.0 Å². The van der Waals surface area contributed by atoms with Crippen molar-refractivity contribution in [1.29, 1.82) is 0 Å². The van der Waals surface area contributed by atoms with Gasteiger partial charge in [-0.1, -0.05) is 12.1 Å². The predicted octanol–water partition coefficient (Wildman–Crippen LogP) is 4.98. The van der Waals surface area contributed by atoms with E-state index in [9.17, 15) is 13.6 Å². The lowest BCUT2D eigenvalue weighted by Gasteiger charge is -2.24. The van der Waals surface area contributed by atoms with Crippen molar-refractivity contribution in [3.05, 3.63) is 64.0 Å². The molecule has 0 bridgehead atoms. The number of thiazole rings is 1. The third-order valence-electron chi connectivity index (χ3n) is 3.78. The first kappa shape index (κ1) is 16.7. The second-order valence-electron chi connectivity index (χ2n) is 5.27. The van der Waals surface area contributed by atoms with Gasteiger partial charge in [0.05, 0.1) is 17.1 Å². The SMILES string of the molecule is CC(c1ccc(F)c(F)c1)N(C)C(=O)c1cnc(-c2cccs2)s1. The van der Waals surface area contributed by atoms with Crippen LogP contribution < -0.4 is 0 Å². The van der Waals surface area contributed by atoms with E-state index in [4.69, 9.17) is 0 Å². The van der Waals surface area contributed by atoms with Crippen molar-refractivity contribution in [2.75, 3.05) is 7.05 Å². The van der Waals surface area contributed by atoms with Crippen LogP contribution in [0.1, 0.15) is 28.2 Å². The van der Waals surface area contributed by atoms with Gasteiger partial charge >= 0.3 is 0 Å². The first-order valence-electron chi connectivity index (χ1n) is 7.19. The van der Waals surface area contributed by atoms with Crippen LogP contribution in [0.15, 0.2) is 41.9 Å². The Morgan fingerprint density at radius 1 is 1.25 bits per heavy atom. The fourth-order valence-electron chi connectivity index (χ4n) is 2.23. The zero-order chi connectivity index (χ0) is 17.3. The molecule has 0 saturated heterocycles. The highest BCUT2D eigenvalue weighted by Crippen LogP contribution is 2.30. The standard InChI is InChI=1S/C17H14F2N2OS2/c1-10(11-5-6-12(18)13(19)8-11)21(2)17(22)15-9-20-16(24-15)14-4-3-7-23-14/h3-10H,1-2H3. The van der Waals surface area contributed by atoms with Gasteiger partial charge in [0.25, 0.3) is 5.91 Å². The van der Waals surface area contributed by atoms with Crippen molar-refractivity contribution in [2.24, 2.45) is 0 Å². The van der Waals surface area contributed by atoms with Crippen LogP contribution in [-0.4, -0.2) is 22.8 Å². The molecule has 1 unspecified atom stereocenters. The molecule has 2 heterocycles. The normalized spacial score (nSPS) is 12.2. The highest BCUT2D eigenvalue weighted by molar-refractivity contribution is 7.21. The van der Waals surface area contributed by atoms with E-state index >= 15 is 0 Å². The first-order chi connectivity index (χ1) is 11.5. The van der Waals surface area contributed by atoms with Gasteiger partial charge in [0, 0.05) is 7.05 Å². The lowest BCUT2D eigenvalue weighted by atomic mass is 10.1. The largest absolute Gasteiger partial charge is 0.334 e. The molecule has 0 aliphatic carbocycles. The van der Waals surface area contributed by atoms with Gasteiger partial charge in [-0.15, -0.1) is 22.7 Å². The van der Waals surface area contributed by atoms with E-state index in [1.807, 2.05) is 17.5 Å². The van der Waals surface area contributed by atoms with Gasteiger partial charge in [0.2, 0.25) is 0 Å². The predicted molar refractivity (Wildman–Crippen MR) is 92.3 cm³/mol. The van der Waals surface area contributed by atoms with Crippen molar-refractivity contribution < 1.29 is 13.6 Å². The minimum absolute atomic E-state index is 0.201. The van der Waals surface area contributed by atoms with Crippen LogP contribution >= 0.6 is 22.7 Å². The Morgan fingerprint density at radius 3 is 2.71 bits per heavy atom. The summed E-state index contributed by atoms with van der Waals surface area (Å²) < 4.78 is 26.5. The number of halogens is 2. The lowest BCUT2D eigenvalue weighted by molar-refractivity contribution is 0.0747. The molecule has 0 aliphatic heterocycles.